The van der Waals surface area contributed by atoms with Gasteiger partial charge in [-0.15, -0.1) is 0 Å². The van der Waals surface area contributed by atoms with Gasteiger partial charge in [-0.25, -0.2) is 0 Å². The average Bonchev–Trinajstić information content (AvgIpc) is 3.02. The van der Waals surface area contributed by atoms with E-state index in [2.05, 4.69) is 15.8 Å². The monoisotopic (exact) mass is 327 g/mol. The van der Waals surface area contributed by atoms with E-state index in [1.165, 1.54) is 32.1 Å². The van der Waals surface area contributed by atoms with Crippen molar-refractivity contribution in [2.45, 2.75) is 51.4 Å². The maximum atomic E-state index is 12.0. The molecule has 1 aliphatic rings. The van der Waals surface area contributed by atoms with Crippen molar-refractivity contribution < 1.29 is 9.59 Å². The number of rotatable bonds is 5. The predicted molar refractivity (Wildman–Crippen MR) is 94.1 cm³/mol. The van der Waals surface area contributed by atoms with E-state index in [1.54, 1.807) is 0 Å². The van der Waals surface area contributed by atoms with Gasteiger partial charge in [-0.3, -0.25) is 20.4 Å². The molecule has 1 saturated carbocycles. The van der Waals surface area contributed by atoms with Crippen LogP contribution < -0.4 is 10.9 Å². The number of fused-ring (bicyclic) bond motifs is 1. The number of nitrogens with one attached hydrogen (secondary N) is 3. The standard InChI is InChI=1S/C19H25N3O2/c23-18(11-10-14-6-2-1-3-7-14)21-22-19(24)12-15-13-20-17-9-5-4-8-16(15)17/h4-5,8-9,13-14,20H,1-3,6-7,10-12H2,(H,21,23)(H,22,24). The van der Waals surface area contributed by atoms with Gasteiger partial charge in [0.05, 0.1) is 6.42 Å². The van der Waals surface area contributed by atoms with Crippen molar-refractivity contribution in [3.05, 3.63) is 36.0 Å². The zero-order chi connectivity index (χ0) is 16.8. The van der Waals surface area contributed by atoms with Crippen molar-refractivity contribution in [2.75, 3.05) is 0 Å². The number of aromatic amines is 1. The fourth-order valence-electron chi connectivity index (χ4n) is 3.51. The summed E-state index contributed by atoms with van der Waals surface area (Å²) in [5.74, 6) is 0.366. The first kappa shape index (κ1) is 16.6. The van der Waals surface area contributed by atoms with Gasteiger partial charge in [0.1, 0.15) is 0 Å². The van der Waals surface area contributed by atoms with Crippen LogP contribution in [0.2, 0.25) is 0 Å². The topological polar surface area (TPSA) is 74.0 Å². The van der Waals surface area contributed by atoms with Gasteiger partial charge in [0, 0.05) is 23.5 Å². The maximum Gasteiger partial charge on any atom is 0.242 e. The summed E-state index contributed by atoms with van der Waals surface area (Å²) < 4.78 is 0. The van der Waals surface area contributed by atoms with Crippen molar-refractivity contribution in [2.24, 2.45) is 5.92 Å². The number of hydrazine groups is 1. The van der Waals surface area contributed by atoms with Crippen LogP contribution in [0.3, 0.4) is 0 Å². The van der Waals surface area contributed by atoms with E-state index < -0.39 is 0 Å². The van der Waals surface area contributed by atoms with Gasteiger partial charge in [0.2, 0.25) is 11.8 Å². The summed E-state index contributed by atoms with van der Waals surface area (Å²) in [7, 11) is 0. The number of aromatic nitrogens is 1. The van der Waals surface area contributed by atoms with E-state index in [1.807, 2.05) is 30.5 Å². The Hall–Kier alpha value is -2.30. The number of amides is 2. The third kappa shape index (κ3) is 4.37. The number of hydrogen-bond acceptors (Lipinski definition) is 2. The van der Waals surface area contributed by atoms with Crippen molar-refractivity contribution in [1.82, 2.24) is 15.8 Å². The van der Waals surface area contributed by atoms with Gasteiger partial charge >= 0.3 is 0 Å². The summed E-state index contributed by atoms with van der Waals surface area (Å²) in [5.41, 5.74) is 7.00. The fourth-order valence-corrected chi connectivity index (χ4v) is 3.51. The molecule has 2 aromatic rings. The Labute approximate surface area is 142 Å². The molecule has 0 bridgehead atoms. The summed E-state index contributed by atoms with van der Waals surface area (Å²) in [4.78, 5) is 27.0. The number of carbonyl (C=O) groups excluding carboxylic acids is 2. The first-order chi connectivity index (χ1) is 11.7. The maximum absolute atomic E-state index is 12.0. The molecule has 0 aliphatic heterocycles. The summed E-state index contributed by atoms with van der Waals surface area (Å²) in [6.45, 7) is 0. The van der Waals surface area contributed by atoms with Gasteiger partial charge in [-0.2, -0.15) is 0 Å². The van der Waals surface area contributed by atoms with Gasteiger partial charge in [-0.05, 0) is 24.0 Å². The highest BCUT2D eigenvalue weighted by molar-refractivity contribution is 5.89. The zero-order valence-corrected chi connectivity index (χ0v) is 13.9. The molecule has 2 amide bonds. The zero-order valence-electron chi connectivity index (χ0n) is 13.9. The van der Waals surface area contributed by atoms with Crippen molar-refractivity contribution in [3.8, 4) is 0 Å². The molecule has 0 unspecified atom stereocenters. The molecule has 1 fully saturated rings. The van der Waals surface area contributed by atoms with Gasteiger partial charge < -0.3 is 4.98 Å². The summed E-state index contributed by atoms with van der Waals surface area (Å²) >= 11 is 0. The molecule has 1 aromatic carbocycles. The number of carbonyl (C=O) groups is 2. The Kier molecular flexibility index (Phi) is 5.51. The van der Waals surface area contributed by atoms with Crippen LogP contribution in [-0.4, -0.2) is 16.8 Å². The third-order valence-corrected chi connectivity index (χ3v) is 4.87. The van der Waals surface area contributed by atoms with Crippen LogP contribution in [0.25, 0.3) is 10.9 Å². The number of hydrogen-bond donors (Lipinski definition) is 3. The molecule has 5 nitrogen and oxygen atoms in total. The first-order valence-corrected chi connectivity index (χ1v) is 8.85. The van der Waals surface area contributed by atoms with Crippen molar-refractivity contribution >= 4 is 22.7 Å². The number of benzene rings is 1. The molecule has 0 radical (unpaired) electrons. The molecular formula is C19H25N3O2. The van der Waals surface area contributed by atoms with E-state index in [4.69, 9.17) is 0 Å². The van der Waals surface area contributed by atoms with Crippen LogP contribution >= 0.6 is 0 Å². The second kappa shape index (κ2) is 7.99. The molecule has 0 atom stereocenters. The smallest absolute Gasteiger partial charge is 0.242 e. The molecule has 1 heterocycles. The normalized spacial score (nSPS) is 15.3. The van der Waals surface area contributed by atoms with E-state index in [-0.39, 0.29) is 18.2 Å². The minimum atomic E-state index is -0.203. The molecule has 24 heavy (non-hydrogen) atoms. The van der Waals surface area contributed by atoms with Crippen LogP contribution in [0.1, 0.15) is 50.5 Å². The van der Waals surface area contributed by atoms with E-state index in [0.29, 0.717) is 12.3 Å². The minimum absolute atomic E-state index is 0.104. The molecule has 0 saturated heterocycles. The molecule has 128 valence electrons. The van der Waals surface area contributed by atoms with Crippen LogP contribution in [-0.2, 0) is 16.0 Å². The largest absolute Gasteiger partial charge is 0.361 e. The molecule has 1 aromatic heterocycles. The Balaban J connectivity index is 1.41. The van der Waals surface area contributed by atoms with E-state index in [9.17, 15) is 9.59 Å². The van der Waals surface area contributed by atoms with Gasteiger partial charge in [0.15, 0.2) is 0 Å². The second-order valence-corrected chi connectivity index (χ2v) is 6.68. The Bertz CT molecular complexity index is 701. The Morgan fingerprint density at radius 3 is 2.62 bits per heavy atom. The minimum Gasteiger partial charge on any atom is -0.361 e. The third-order valence-electron chi connectivity index (χ3n) is 4.87. The molecule has 3 rings (SSSR count). The predicted octanol–water partition coefficient (Wildman–Crippen LogP) is 3.22. The lowest BCUT2D eigenvalue weighted by atomic mass is 9.86. The average molecular weight is 327 g/mol. The lowest BCUT2D eigenvalue weighted by Crippen LogP contribution is -2.42. The van der Waals surface area contributed by atoms with Crippen LogP contribution in [0.15, 0.2) is 30.5 Å². The van der Waals surface area contributed by atoms with Crippen LogP contribution in [0, 0.1) is 5.92 Å². The molecule has 1 aliphatic carbocycles. The highest BCUT2D eigenvalue weighted by Gasteiger charge is 2.15. The number of para-hydroxylation sites is 1. The van der Waals surface area contributed by atoms with Crippen LogP contribution in [0.5, 0.6) is 0 Å². The van der Waals surface area contributed by atoms with Crippen LogP contribution in [0.4, 0.5) is 0 Å². The summed E-state index contributed by atoms with van der Waals surface area (Å²) in [5, 5.41) is 1.04. The second-order valence-electron chi connectivity index (χ2n) is 6.68. The van der Waals surface area contributed by atoms with Gasteiger partial charge in [-0.1, -0.05) is 50.3 Å². The fraction of sp³-hybridized carbons (Fsp3) is 0.474. The molecule has 5 heteroatoms. The molecule has 0 spiro atoms. The lowest BCUT2D eigenvalue weighted by molar-refractivity contribution is -0.128. The Morgan fingerprint density at radius 1 is 1.04 bits per heavy atom. The lowest BCUT2D eigenvalue weighted by Gasteiger charge is -2.20. The van der Waals surface area contributed by atoms with E-state index >= 15 is 0 Å². The first-order valence-electron chi connectivity index (χ1n) is 8.85. The highest BCUT2D eigenvalue weighted by Crippen LogP contribution is 2.27. The summed E-state index contributed by atoms with van der Waals surface area (Å²) in [6.07, 6.45) is 9.86. The number of H-pyrrole nitrogens is 1. The quantitative estimate of drug-likeness (QED) is 0.738. The summed E-state index contributed by atoms with van der Waals surface area (Å²) in [6, 6.07) is 7.86. The van der Waals surface area contributed by atoms with Crippen molar-refractivity contribution in [3.63, 3.8) is 0 Å². The van der Waals surface area contributed by atoms with Gasteiger partial charge in [0.25, 0.3) is 0 Å². The molecular weight excluding hydrogens is 302 g/mol. The molecule has 3 N–H and O–H groups in total. The SMILES string of the molecule is O=C(CCC1CCCCC1)NNC(=O)Cc1c[nH]c2ccccc12. The van der Waals surface area contributed by atoms with Crippen molar-refractivity contribution in [1.29, 1.82) is 0 Å². The van der Waals surface area contributed by atoms with E-state index in [0.717, 1.165) is 22.9 Å². The highest BCUT2D eigenvalue weighted by atomic mass is 16.2. The Morgan fingerprint density at radius 2 is 1.79 bits per heavy atom.